The number of para-hydroxylation sites is 1. The molecular formula is C48H65IN6O9. The molecule has 0 unspecified atom stereocenters. The largest absolute Gasteiger partial charge is 0.468 e. The molecule has 1 fully saturated rings. The monoisotopic (exact) mass is 996 g/mol. The molecule has 3 N–H and O–H groups in total. The fourth-order valence-corrected chi connectivity index (χ4v) is 9.75. The number of cyclic esters (lactones) is 1. The Morgan fingerprint density at radius 1 is 1.02 bits per heavy atom. The zero-order valence-corrected chi connectivity index (χ0v) is 40.1. The summed E-state index contributed by atoms with van der Waals surface area (Å²) in [4.78, 5) is 36.1. The smallest absolute Gasteiger partial charge is 0.308 e. The summed E-state index contributed by atoms with van der Waals surface area (Å²) in [6, 6.07) is 12.9. The fourth-order valence-electron chi connectivity index (χ4n) is 8.93. The van der Waals surface area contributed by atoms with E-state index in [9.17, 15) is 24.9 Å². The number of carbonyl (C=O) groups excluding carboxylic acids is 2. The summed E-state index contributed by atoms with van der Waals surface area (Å²) in [5.41, 5.74) is 3.25. The van der Waals surface area contributed by atoms with Crippen molar-refractivity contribution in [1.82, 2.24) is 29.8 Å². The van der Waals surface area contributed by atoms with Crippen LogP contribution >= 0.6 is 22.6 Å². The second-order valence-electron chi connectivity index (χ2n) is 17.8. The normalized spacial score (nSPS) is 31.5. The topological polar surface area (TPSA) is 186 Å². The molecule has 12 atom stereocenters. The maximum atomic E-state index is 14.0. The minimum Gasteiger partial charge on any atom is -0.468 e. The van der Waals surface area contributed by atoms with Crippen LogP contribution in [0.3, 0.4) is 0 Å². The standard InChI is InChI=1S/C48H65IN6O9/c1-8-42-35(24-49)20-29(2)15-16-40(56)30(3)21-34(47(31(4)41(57)23-43(58)63-42)64-48-46(60)44(53(6)7)45(59)32(5)62-48)17-18-54(28-38-13-11-19-61-38)26-36-27-55(52-51-36)37-22-33-12-9-10-14-39(33)50-25-37/h9-16,19-20,22,25,27,30-32,34-35,41-42,44-48,57,59-60H,8,17-18,21,23-24,26,28H2,1-7H3/b16-15+,29-20+/t30-,31+,32-,34+,35-,41-,42-,44+,45-,46-,47-,48+/m1/s1. The van der Waals surface area contributed by atoms with Gasteiger partial charge in [0.05, 0.1) is 79.0 Å². The number of ketones is 1. The van der Waals surface area contributed by atoms with Gasteiger partial charge >= 0.3 is 5.97 Å². The van der Waals surface area contributed by atoms with Crippen molar-refractivity contribution in [3.05, 3.63) is 96.4 Å². The second-order valence-corrected chi connectivity index (χ2v) is 18.7. The molecule has 0 bridgehead atoms. The Morgan fingerprint density at radius 2 is 1.80 bits per heavy atom. The molecular weight excluding hydrogens is 931 g/mol. The summed E-state index contributed by atoms with van der Waals surface area (Å²) in [7, 11) is 3.54. The van der Waals surface area contributed by atoms with E-state index in [-0.39, 0.29) is 18.1 Å². The number of rotatable bonds is 13. The summed E-state index contributed by atoms with van der Waals surface area (Å²) in [5.74, 6) is -1.52. The Labute approximate surface area is 390 Å². The first-order chi connectivity index (χ1) is 30.6. The van der Waals surface area contributed by atoms with Gasteiger partial charge in [-0.15, -0.1) is 5.10 Å². The van der Waals surface area contributed by atoms with Crippen molar-refractivity contribution in [2.75, 3.05) is 25.1 Å². The molecule has 3 aromatic heterocycles. The Balaban J connectivity index is 1.34. The zero-order chi connectivity index (χ0) is 46.1. The third kappa shape index (κ3) is 12.7. The van der Waals surface area contributed by atoms with Crippen LogP contribution in [0.5, 0.6) is 0 Å². The highest BCUT2D eigenvalue weighted by Crippen LogP contribution is 2.35. The van der Waals surface area contributed by atoms with Crippen LogP contribution in [-0.2, 0) is 36.9 Å². The lowest BCUT2D eigenvalue weighted by atomic mass is 9.79. The Hall–Kier alpha value is -3.88. The number of hydrogen-bond donors (Lipinski definition) is 3. The number of hydrogen-bond acceptors (Lipinski definition) is 14. The van der Waals surface area contributed by atoms with Gasteiger partial charge in [-0.05, 0) is 90.0 Å². The predicted octanol–water partition coefficient (Wildman–Crippen LogP) is 6.07. The zero-order valence-electron chi connectivity index (χ0n) is 37.9. The van der Waals surface area contributed by atoms with Gasteiger partial charge in [-0.3, -0.25) is 19.5 Å². The van der Waals surface area contributed by atoms with E-state index in [0.717, 1.165) is 27.9 Å². The fraction of sp³-hybridized carbons (Fsp3) is 0.562. The van der Waals surface area contributed by atoms with E-state index in [1.165, 1.54) is 0 Å². The van der Waals surface area contributed by atoms with Gasteiger partial charge in [0.1, 0.15) is 18.0 Å². The van der Waals surface area contributed by atoms with E-state index in [1.807, 2.05) is 88.5 Å². The number of alkyl halides is 1. The van der Waals surface area contributed by atoms with E-state index in [4.69, 9.17) is 18.6 Å². The Bertz CT molecular complexity index is 2180. The van der Waals surface area contributed by atoms with Crippen LogP contribution in [0, 0.1) is 23.7 Å². The number of esters is 1. The average molecular weight is 997 g/mol. The number of likely N-dealkylation sites (N-methyl/N-ethyl adjacent to an activating group) is 1. The highest BCUT2D eigenvalue weighted by Gasteiger charge is 2.47. The molecule has 2 aliphatic rings. The average Bonchev–Trinajstić information content (AvgIpc) is 3.98. The number of aliphatic hydroxyl groups is 3. The van der Waals surface area contributed by atoms with Gasteiger partial charge in [-0.2, -0.15) is 0 Å². The molecule has 2 aliphatic heterocycles. The quantitative estimate of drug-likeness (QED) is 0.0797. The highest BCUT2D eigenvalue weighted by atomic mass is 127. The van der Waals surface area contributed by atoms with Crippen LogP contribution in [0.2, 0.25) is 0 Å². The molecule has 0 saturated carbocycles. The lowest BCUT2D eigenvalue weighted by molar-refractivity contribution is -0.304. The lowest BCUT2D eigenvalue weighted by Crippen LogP contribution is -2.63. The Morgan fingerprint density at radius 3 is 2.52 bits per heavy atom. The lowest BCUT2D eigenvalue weighted by Gasteiger charge is -2.46. The summed E-state index contributed by atoms with van der Waals surface area (Å²) >= 11 is 2.28. The molecule has 64 heavy (non-hydrogen) atoms. The summed E-state index contributed by atoms with van der Waals surface area (Å²) in [6.45, 7) is 10.6. The number of nitrogens with zero attached hydrogens (tertiary/aromatic N) is 6. The van der Waals surface area contributed by atoms with E-state index >= 15 is 0 Å². The van der Waals surface area contributed by atoms with Crippen LogP contribution in [0.15, 0.2) is 89.3 Å². The molecule has 0 radical (unpaired) electrons. The van der Waals surface area contributed by atoms with Crippen LogP contribution in [0.4, 0.5) is 0 Å². The Kier molecular flexibility index (Phi) is 17.8. The van der Waals surface area contributed by atoms with Crippen LogP contribution < -0.4 is 0 Å². The molecule has 4 aromatic rings. The van der Waals surface area contributed by atoms with Gasteiger partial charge in [0.15, 0.2) is 12.1 Å². The molecule has 0 aliphatic carbocycles. The van der Waals surface area contributed by atoms with Gasteiger partial charge in [-0.25, -0.2) is 4.68 Å². The molecule has 0 spiro atoms. The van der Waals surface area contributed by atoms with Crippen molar-refractivity contribution < 1.29 is 43.5 Å². The van der Waals surface area contributed by atoms with Crippen molar-refractivity contribution in [3.63, 3.8) is 0 Å². The van der Waals surface area contributed by atoms with E-state index in [1.54, 1.807) is 49.1 Å². The summed E-state index contributed by atoms with van der Waals surface area (Å²) < 4.78 is 27.3. The summed E-state index contributed by atoms with van der Waals surface area (Å²) in [5, 5.41) is 44.7. The van der Waals surface area contributed by atoms with Gasteiger partial charge in [0.2, 0.25) is 0 Å². The number of pyridine rings is 1. The number of furan rings is 1. The van der Waals surface area contributed by atoms with Crippen molar-refractivity contribution in [3.8, 4) is 5.69 Å². The number of fused-ring (bicyclic) bond motifs is 1. The summed E-state index contributed by atoms with van der Waals surface area (Å²) in [6.07, 6.45) is 5.22. The number of carbonyl (C=O) groups is 2. The first-order valence-corrected chi connectivity index (χ1v) is 23.9. The van der Waals surface area contributed by atoms with Crippen LogP contribution in [-0.4, -0.2) is 131 Å². The van der Waals surface area contributed by atoms with E-state index in [0.29, 0.717) is 49.0 Å². The third-order valence-electron chi connectivity index (χ3n) is 12.7. The SMILES string of the molecule is CC[C@H]1OC(=O)C[C@@H](O)[C@H](C)[C@@H](O[C@@H]2O[C@H](C)[C@@H](O)[C@H](N(C)C)[C@H]2O)[C@@H](CCN(Cc2cn(-c3cnc4ccccc4c3)nn2)Cc2ccco2)C[C@@H](C)C(=O)/C=C/C(C)=C/[C@@H]1CI. The molecule has 348 valence electrons. The van der Waals surface area contributed by atoms with Crippen molar-refractivity contribution in [2.45, 2.75) is 122 Å². The van der Waals surface area contributed by atoms with Crippen molar-refractivity contribution in [2.24, 2.45) is 23.7 Å². The number of aliphatic hydroxyl groups excluding tert-OH is 3. The maximum Gasteiger partial charge on any atom is 0.308 e. The number of ether oxygens (including phenoxy) is 3. The first kappa shape index (κ1) is 49.6. The van der Waals surface area contributed by atoms with Gasteiger partial charge in [0.25, 0.3) is 0 Å². The van der Waals surface area contributed by atoms with Crippen LogP contribution in [0.25, 0.3) is 16.6 Å². The molecule has 1 aromatic carbocycles. The van der Waals surface area contributed by atoms with Crippen molar-refractivity contribution in [1.29, 1.82) is 0 Å². The number of aromatic nitrogens is 4. The molecule has 1 saturated heterocycles. The van der Waals surface area contributed by atoms with Gasteiger partial charge < -0.3 is 38.8 Å². The molecule has 0 amide bonds. The minimum atomic E-state index is -1.26. The second kappa shape index (κ2) is 23.0. The van der Waals surface area contributed by atoms with Gasteiger partial charge in [0, 0.05) is 34.1 Å². The molecule has 6 rings (SSSR count). The molecule has 5 heterocycles. The molecule has 15 nitrogen and oxygen atoms in total. The predicted molar refractivity (Wildman–Crippen MR) is 250 cm³/mol. The highest BCUT2D eigenvalue weighted by molar-refractivity contribution is 14.1. The maximum absolute atomic E-state index is 14.0. The van der Waals surface area contributed by atoms with E-state index < -0.39 is 72.7 Å². The minimum absolute atomic E-state index is 0.0631. The third-order valence-corrected chi connectivity index (χ3v) is 13.7. The van der Waals surface area contributed by atoms with E-state index in [2.05, 4.69) is 42.8 Å². The van der Waals surface area contributed by atoms with Gasteiger partial charge in [-0.1, -0.05) is 84.5 Å². The number of halogens is 1. The van der Waals surface area contributed by atoms with Crippen LogP contribution in [0.1, 0.15) is 71.8 Å². The van der Waals surface area contributed by atoms with Crippen molar-refractivity contribution >= 4 is 45.2 Å². The number of allylic oxidation sites excluding steroid dienone is 3. The number of benzene rings is 1. The first-order valence-electron chi connectivity index (χ1n) is 22.3. The molecule has 16 heteroatoms.